The van der Waals surface area contributed by atoms with E-state index in [0.717, 1.165) is 5.56 Å². The number of aryl methyl sites for hydroxylation is 1. The molecule has 0 unspecified atom stereocenters. The van der Waals surface area contributed by atoms with Crippen LogP contribution in [0.15, 0.2) is 59.4 Å². The summed E-state index contributed by atoms with van der Waals surface area (Å²) >= 11 is 0. The molecule has 0 saturated carbocycles. The Morgan fingerprint density at radius 2 is 1.81 bits per heavy atom. The number of fused-ring (bicyclic) bond motifs is 1. The molecule has 0 aliphatic carbocycles. The quantitative estimate of drug-likeness (QED) is 0.741. The second kappa shape index (κ2) is 7.95. The van der Waals surface area contributed by atoms with E-state index in [4.69, 9.17) is 0 Å². The monoisotopic (exact) mass is 349 g/mol. The number of para-hydroxylation sites is 1. The number of hydrogen-bond acceptors (Lipinski definition) is 3. The molecule has 3 aromatic rings. The standard InChI is InChI=1S/C21H23N3O2/c1-15(16-9-4-3-5-10-16)24(2)20(25)14-8-13-19-22-18-12-7-6-11-17(18)21(26)23-19/h3-7,9-12,15H,8,13-14H2,1-2H3,(H,22,23,26)/t15-/m1/s1. The fourth-order valence-corrected chi connectivity index (χ4v) is 3.01. The number of benzene rings is 2. The average molecular weight is 349 g/mol. The fourth-order valence-electron chi connectivity index (χ4n) is 3.01. The summed E-state index contributed by atoms with van der Waals surface area (Å²) in [6, 6.07) is 17.3. The molecule has 3 rings (SSSR count). The van der Waals surface area contributed by atoms with Crippen molar-refractivity contribution in [2.24, 2.45) is 0 Å². The normalized spacial score (nSPS) is 12.1. The maximum absolute atomic E-state index is 12.5. The second-order valence-corrected chi connectivity index (χ2v) is 6.47. The van der Waals surface area contributed by atoms with Gasteiger partial charge in [-0.25, -0.2) is 4.98 Å². The highest BCUT2D eigenvalue weighted by Gasteiger charge is 2.17. The van der Waals surface area contributed by atoms with Gasteiger partial charge in [-0.2, -0.15) is 0 Å². The molecule has 0 aliphatic rings. The molecule has 5 nitrogen and oxygen atoms in total. The van der Waals surface area contributed by atoms with Crippen LogP contribution < -0.4 is 5.56 Å². The summed E-state index contributed by atoms with van der Waals surface area (Å²) in [5.74, 6) is 0.713. The zero-order valence-corrected chi connectivity index (χ0v) is 15.1. The summed E-state index contributed by atoms with van der Waals surface area (Å²) in [7, 11) is 1.83. The lowest BCUT2D eigenvalue weighted by atomic mass is 10.1. The first-order valence-electron chi connectivity index (χ1n) is 8.85. The first-order chi connectivity index (χ1) is 12.6. The van der Waals surface area contributed by atoms with Crippen molar-refractivity contribution in [1.82, 2.24) is 14.9 Å². The summed E-state index contributed by atoms with van der Waals surface area (Å²) in [6.07, 6.45) is 1.63. The maximum Gasteiger partial charge on any atom is 0.258 e. The number of aromatic amines is 1. The summed E-state index contributed by atoms with van der Waals surface area (Å²) < 4.78 is 0. The smallest absolute Gasteiger partial charge is 0.258 e. The third kappa shape index (κ3) is 3.99. The lowest BCUT2D eigenvalue weighted by Gasteiger charge is -2.25. The van der Waals surface area contributed by atoms with Gasteiger partial charge in [0.15, 0.2) is 0 Å². The summed E-state index contributed by atoms with van der Waals surface area (Å²) in [5, 5.41) is 0.587. The third-order valence-electron chi connectivity index (χ3n) is 4.72. The number of carbonyl (C=O) groups excluding carboxylic acids is 1. The van der Waals surface area contributed by atoms with Crippen LogP contribution in [0.25, 0.3) is 10.9 Å². The van der Waals surface area contributed by atoms with Gasteiger partial charge in [-0.1, -0.05) is 42.5 Å². The number of rotatable bonds is 6. The Kier molecular flexibility index (Phi) is 5.46. The molecule has 1 amide bonds. The Labute approximate surface area is 152 Å². The van der Waals surface area contributed by atoms with E-state index in [1.807, 2.05) is 62.5 Å². The number of aromatic nitrogens is 2. The van der Waals surface area contributed by atoms with E-state index in [1.165, 1.54) is 0 Å². The molecule has 0 spiro atoms. The number of hydrogen-bond donors (Lipinski definition) is 1. The van der Waals surface area contributed by atoms with E-state index >= 15 is 0 Å². The predicted octanol–water partition coefficient (Wildman–Crippen LogP) is 3.47. The van der Waals surface area contributed by atoms with Crippen LogP contribution in [-0.2, 0) is 11.2 Å². The zero-order chi connectivity index (χ0) is 18.5. The van der Waals surface area contributed by atoms with Gasteiger partial charge in [0.2, 0.25) is 5.91 Å². The molecule has 0 fully saturated rings. The van der Waals surface area contributed by atoms with Crippen molar-refractivity contribution in [3.05, 3.63) is 76.3 Å². The van der Waals surface area contributed by atoms with Crippen LogP contribution in [0.1, 0.15) is 37.2 Å². The van der Waals surface area contributed by atoms with Gasteiger partial charge in [-0.15, -0.1) is 0 Å². The minimum absolute atomic E-state index is 0.0299. The summed E-state index contributed by atoms with van der Waals surface area (Å²) in [6.45, 7) is 2.02. The lowest BCUT2D eigenvalue weighted by Crippen LogP contribution is -2.29. The number of amides is 1. The topological polar surface area (TPSA) is 66.1 Å². The first-order valence-corrected chi connectivity index (χ1v) is 8.85. The Morgan fingerprint density at radius 3 is 2.58 bits per heavy atom. The van der Waals surface area contributed by atoms with E-state index in [-0.39, 0.29) is 17.5 Å². The number of H-pyrrole nitrogens is 1. The molecule has 134 valence electrons. The Morgan fingerprint density at radius 1 is 1.12 bits per heavy atom. The van der Waals surface area contributed by atoms with Gasteiger partial charge in [0.25, 0.3) is 5.56 Å². The van der Waals surface area contributed by atoms with E-state index in [2.05, 4.69) is 9.97 Å². The van der Waals surface area contributed by atoms with Crippen LogP contribution in [0.3, 0.4) is 0 Å². The van der Waals surface area contributed by atoms with Crippen molar-refractivity contribution >= 4 is 16.8 Å². The highest BCUT2D eigenvalue weighted by Crippen LogP contribution is 2.19. The van der Waals surface area contributed by atoms with Crippen LogP contribution in [0, 0.1) is 0 Å². The molecule has 1 atom stereocenters. The van der Waals surface area contributed by atoms with E-state index in [9.17, 15) is 9.59 Å². The van der Waals surface area contributed by atoms with Crippen LogP contribution in [0.5, 0.6) is 0 Å². The van der Waals surface area contributed by atoms with Gasteiger partial charge >= 0.3 is 0 Å². The molecule has 1 aromatic heterocycles. The second-order valence-electron chi connectivity index (χ2n) is 6.47. The van der Waals surface area contributed by atoms with Crippen LogP contribution in [-0.4, -0.2) is 27.8 Å². The van der Waals surface area contributed by atoms with Gasteiger partial charge in [0.05, 0.1) is 16.9 Å². The van der Waals surface area contributed by atoms with Crippen LogP contribution in [0.4, 0.5) is 0 Å². The van der Waals surface area contributed by atoms with E-state index < -0.39 is 0 Å². The number of nitrogens with zero attached hydrogens (tertiary/aromatic N) is 2. The molecule has 26 heavy (non-hydrogen) atoms. The summed E-state index contributed by atoms with van der Waals surface area (Å²) in [5.41, 5.74) is 1.67. The van der Waals surface area contributed by atoms with Crippen molar-refractivity contribution in [2.75, 3.05) is 7.05 Å². The largest absolute Gasteiger partial charge is 0.339 e. The van der Waals surface area contributed by atoms with Gasteiger partial charge in [-0.05, 0) is 31.0 Å². The van der Waals surface area contributed by atoms with Crippen molar-refractivity contribution in [3.8, 4) is 0 Å². The highest BCUT2D eigenvalue weighted by molar-refractivity contribution is 5.77. The first kappa shape index (κ1) is 17.9. The third-order valence-corrected chi connectivity index (χ3v) is 4.72. The molecular formula is C21H23N3O2. The molecule has 0 radical (unpaired) electrons. The van der Waals surface area contributed by atoms with Crippen molar-refractivity contribution in [1.29, 1.82) is 0 Å². The van der Waals surface area contributed by atoms with Crippen molar-refractivity contribution < 1.29 is 4.79 Å². The molecule has 0 aliphatic heterocycles. The van der Waals surface area contributed by atoms with Crippen molar-refractivity contribution in [3.63, 3.8) is 0 Å². The summed E-state index contributed by atoms with van der Waals surface area (Å²) in [4.78, 5) is 33.6. The molecule has 1 heterocycles. The molecule has 5 heteroatoms. The molecule has 2 aromatic carbocycles. The molecular weight excluding hydrogens is 326 g/mol. The van der Waals surface area contributed by atoms with Gasteiger partial charge < -0.3 is 9.88 Å². The maximum atomic E-state index is 12.5. The molecule has 1 N–H and O–H groups in total. The average Bonchev–Trinajstić information content (AvgIpc) is 2.67. The number of nitrogens with one attached hydrogen (secondary N) is 1. The minimum Gasteiger partial charge on any atom is -0.339 e. The molecule has 0 saturated heterocycles. The van der Waals surface area contributed by atoms with Gasteiger partial charge in [-0.3, -0.25) is 9.59 Å². The van der Waals surface area contributed by atoms with Gasteiger partial charge in [0.1, 0.15) is 5.82 Å². The van der Waals surface area contributed by atoms with Gasteiger partial charge in [0, 0.05) is 19.9 Å². The Bertz CT molecular complexity index is 950. The molecule has 0 bridgehead atoms. The minimum atomic E-state index is -0.133. The Hall–Kier alpha value is -2.95. The number of carbonyl (C=O) groups is 1. The van der Waals surface area contributed by atoms with E-state index in [1.54, 1.807) is 11.0 Å². The van der Waals surface area contributed by atoms with Crippen LogP contribution in [0.2, 0.25) is 0 Å². The van der Waals surface area contributed by atoms with Crippen molar-refractivity contribution in [2.45, 2.75) is 32.2 Å². The fraction of sp³-hybridized carbons (Fsp3) is 0.286. The zero-order valence-electron chi connectivity index (χ0n) is 15.1. The predicted molar refractivity (Wildman–Crippen MR) is 103 cm³/mol. The van der Waals surface area contributed by atoms with Crippen LogP contribution >= 0.6 is 0 Å². The van der Waals surface area contributed by atoms with E-state index in [0.29, 0.717) is 36.0 Å². The SMILES string of the molecule is C[C@H](c1ccccc1)N(C)C(=O)CCCc1nc2ccccc2c(=O)[nH]1. The Balaban J connectivity index is 1.59. The lowest BCUT2D eigenvalue weighted by molar-refractivity contribution is -0.131. The highest BCUT2D eigenvalue weighted by atomic mass is 16.2.